The van der Waals surface area contributed by atoms with Crippen molar-refractivity contribution in [3.63, 3.8) is 0 Å². The fourth-order valence-electron chi connectivity index (χ4n) is 4.72. The predicted molar refractivity (Wildman–Crippen MR) is 115 cm³/mol. The molecule has 1 aliphatic rings. The van der Waals surface area contributed by atoms with E-state index in [1.807, 2.05) is 6.07 Å². The van der Waals surface area contributed by atoms with Gasteiger partial charge in [0.1, 0.15) is 0 Å². The number of tetrazole rings is 1. The van der Waals surface area contributed by atoms with E-state index in [2.05, 4.69) is 93.5 Å². The minimum Gasteiger partial charge on any atom is -0.307 e. The number of rotatable bonds is 5. The zero-order chi connectivity index (χ0) is 19.6. The Morgan fingerprint density at radius 2 is 1.86 bits per heavy atom. The summed E-state index contributed by atoms with van der Waals surface area (Å²) >= 11 is 0. The average molecular weight is 383 g/mol. The molecule has 29 heavy (non-hydrogen) atoms. The van der Waals surface area contributed by atoms with Gasteiger partial charge in [0, 0.05) is 17.6 Å². The molecule has 0 spiro atoms. The van der Waals surface area contributed by atoms with Crippen molar-refractivity contribution in [3.05, 3.63) is 77.9 Å². The Kier molecular flexibility index (Phi) is 4.82. The molecule has 0 aliphatic heterocycles. The summed E-state index contributed by atoms with van der Waals surface area (Å²) in [7, 11) is 0. The molecule has 1 fully saturated rings. The molecule has 2 N–H and O–H groups in total. The Morgan fingerprint density at radius 1 is 1.00 bits per heavy atom. The molecule has 1 saturated carbocycles. The van der Waals surface area contributed by atoms with Crippen LogP contribution in [-0.4, -0.2) is 26.7 Å². The Balaban J connectivity index is 1.29. The fourth-order valence-corrected chi connectivity index (χ4v) is 4.72. The number of H-pyrrole nitrogens is 1. The molecular weight excluding hydrogens is 358 g/mol. The number of benzene rings is 3. The van der Waals surface area contributed by atoms with Gasteiger partial charge < -0.3 is 5.32 Å². The second-order valence-electron chi connectivity index (χ2n) is 8.02. The van der Waals surface area contributed by atoms with Crippen molar-refractivity contribution >= 4 is 10.8 Å². The number of aromatic amines is 1. The highest BCUT2D eigenvalue weighted by atomic mass is 15.5. The van der Waals surface area contributed by atoms with E-state index in [4.69, 9.17) is 0 Å². The predicted octanol–water partition coefficient (Wildman–Crippen LogP) is 5.01. The highest BCUT2D eigenvalue weighted by Gasteiger charge is 2.27. The molecule has 5 heteroatoms. The standard InChI is InChI=1S/C24H25N5/c1-16(22-11-5-7-17-6-2-3-10-23(17)22)25-21-13-12-19(15-21)18-8-4-9-20(14-18)24-26-28-29-27-24/h2-11,14,16,19,21,25H,12-13,15H2,1H3,(H,26,27,28,29)/t16-,19?,21?/m1/s1. The number of hydrogen-bond acceptors (Lipinski definition) is 4. The highest BCUT2D eigenvalue weighted by molar-refractivity contribution is 5.86. The lowest BCUT2D eigenvalue weighted by atomic mass is 9.95. The first-order valence-electron chi connectivity index (χ1n) is 10.4. The maximum atomic E-state index is 4.11. The summed E-state index contributed by atoms with van der Waals surface area (Å²) in [4.78, 5) is 0. The number of aromatic nitrogens is 4. The van der Waals surface area contributed by atoms with Crippen LogP contribution in [0.15, 0.2) is 66.7 Å². The first-order valence-corrected chi connectivity index (χ1v) is 10.4. The quantitative estimate of drug-likeness (QED) is 0.508. The summed E-state index contributed by atoms with van der Waals surface area (Å²) < 4.78 is 0. The van der Waals surface area contributed by atoms with Crippen LogP contribution in [0.1, 0.15) is 49.3 Å². The second kappa shape index (κ2) is 7.76. The van der Waals surface area contributed by atoms with Crippen LogP contribution in [-0.2, 0) is 0 Å². The van der Waals surface area contributed by atoms with E-state index in [0.717, 1.165) is 12.0 Å². The van der Waals surface area contributed by atoms with Crippen LogP contribution in [0.2, 0.25) is 0 Å². The van der Waals surface area contributed by atoms with E-state index >= 15 is 0 Å². The van der Waals surface area contributed by atoms with Crippen LogP contribution in [0.25, 0.3) is 22.2 Å². The highest BCUT2D eigenvalue weighted by Crippen LogP contribution is 2.37. The Bertz CT molecular complexity index is 1100. The summed E-state index contributed by atoms with van der Waals surface area (Å²) in [5.41, 5.74) is 3.77. The van der Waals surface area contributed by atoms with E-state index in [1.165, 1.54) is 34.7 Å². The van der Waals surface area contributed by atoms with Gasteiger partial charge in [-0.1, -0.05) is 60.7 Å². The number of hydrogen-bond donors (Lipinski definition) is 2. The van der Waals surface area contributed by atoms with Gasteiger partial charge in [0.2, 0.25) is 5.82 Å². The third-order valence-electron chi connectivity index (χ3n) is 6.17. The largest absolute Gasteiger partial charge is 0.307 e. The molecule has 1 heterocycles. The van der Waals surface area contributed by atoms with Gasteiger partial charge in [-0.3, -0.25) is 0 Å². The molecule has 5 rings (SSSR count). The Morgan fingerprint density at radius 3 is 2.76 bits per heavy atom. The first-order chi connectivity index (χ1) is 14.3. The molecule has 1 aromatic heterocycles. The van der Waals surface area contributed by atoms with Crippen LogP contribution in [0, 0.1) is 0 Å². The van der Waals surface area contributed by atoms with Gasteiger partial charge in [-0.25, -0.2) is 0 Å². The molecule has 1 aliphatic carbocycles. The van der Waals surface area contributed by atoms with Gasteiger partial charge >= 0.3 is 0 Å². The molecule has 4 aromatic rings. The van der Waals surface area contributed by atoms with Crippen molar-refractivity contribution in [1.82, 2.24) is 25.9 Å². The summed E-state index contributed by atoms with van der Waals surface area (Å²) in [6.07, 6.45) is 3.56. The first kappa shape index (κ1) is 18.0. The monoisotopic (exact) mass is 383 g/mol. The van der Waals surface area contributed by atoms with E-state index < -0.39 is 0 Å². The zero-order valence-corrected chi connectivity index (χ0v) is 16.5. The molecule has 0 saturated heterocycles. The van der Waals surface area contributed by atoms with Crippen molar-refractivity contribution in [2.75, 3.05) is 0 Å². The van der Waals surface area contributed by atoms with E-state index in [0.29, 0.717) is 23.8 Å². The summed E-state index contributed by atoms with van der Waals surface area (Å²) in [5, 5.41) is 21.0. The number of nitrogens with one attached hydrogen (secondary N) is 2. The van der Waals surface area contributed by atoms with E-state index in [1.54, 1.807) is 0 Å². The van der Waals surface area contributed by atoms with Crippen molar-refractivity contribution in [2.24, 2.45) is 0 Å². The SMILES string of the molecule is C[C@@H](NC1CCC(c2cccc(-c3nn[nH]n3)c2)C1)c1cccc2ccccc12. The van der Waals surface area contributed by atoms with Gasteiger partial charge in [-0.05, 0) is 65.3 Å². The lowest BCUT2D eigenvalue weighted by molar-refractivity contribution is 0.459. The van der Waals surface area contributed by atoms with Gasteiger partial charge in [0.15, 0.2) is 0 Å². The minimum absolute atomic E-state index is 0.329. The molecule has 0 radical (unpaired) electrons. The topological polar surface area (TPSA) is 66.5 Å². The Hall–Kier alpha value is -3.05. The molecule has 0 bridgehead atoms. The van der Waals surface area contributed by atoms with Crippen LogP contribution in [0.4, 0.5) is 0 Å². The fraction of sp³-hybridized carbons (Fsp3) is 0.292. The van der Waals surface area contributed by atoms with Gasteiger partial charge in [-0.15, -0.1) is 10.2 Å². The maximum Gasteiger partial charge on any atom is 0.204 e. The smallest absolute Gasteiger partial charge is 0.204 e. The van der Waals surface area contributed by atoms with E-state index in [9.17, 15) is 0 Å². The normalized spacial score (nSPS) is 20.2. The van der Waals surface area contributed by atoms with E-state index in [-0.39, 0.29) is 0 Å². The number of nitrogens with zero attached hydrogens (tertiary/aromatic N) is 3. The van der Waals surface area contributed by atoms with Crippen LogP contribution in [0.3, 0.4) is 0 Å². The van der Waals surface area contributed by atoms with Crippen molar-refractivity contribution in [3.8, 4) is 11.4 Å². The third kappa shape index (κ3) is 3.66. The Labute approximate surface area is 170 Å². The summed E-state index contributed by atoms with van der Waals surface area (Å²) in [6.45, 7) is 2.28. The lowest BCUT2D eigenvalue weighted by Gasteiger charge is -2.21. The molecule has 2 unspecified atom stereocenters. The van der Waals surface area contributed by atoms with Crippen LogP contribution < -0.4 is 5.32 Å². The van der Waals surface area contributed by atoms with Gasteiger partial charge in [0.25, 0.3) is 0 Å². The maximum absolute atomic E-state index is 4.11. The second-order valence-corrected chi connectivity index (χ2v) is 8.02. The average Bonchev–Trinajstić information content (AvgIpc) is 3.46. The summed E-state index contributed by atoms with van der Waals surface area (Å²) in [6, 6.07) is 24.7. The minimum atomic E-state index is 0.329. The van der Waals surface area contributed by atoms with Crippen LogP contribution >= 0.6 is 0 Å². The van der Waals surface area contributed by atoms with Crippen molar-refractivity contribution in [2.45, 2.75) is 44.2 Å². The molecule has 3 aromatic carbocycles. The zero-order valence-electron chi connectivity index (χ0n) is 16.5. The molecule has 0 amide bonds. The van der Waals surface area contributed by atoms with Gasteiger partial charge in [0.05, 0.1) is 0 Å². The number of fused-ring (bicyclic) bond motifs is 1. The summed E-state index contributed by atoms with van der Waals surface area (Å²) in [5.74, 6) is 1.23. The molecular formula is C24H25N5. The molecule has 3 atom stereocenters. The third-order valence-corrected chi connectivity index (χ3v) is 6.17. The van der Waals surface area contributed by atoms with Gasteiger partial charge in [-0.2, -0.15) is 5.21 Å². The van der Waals surface area contributed by atoms with Crippen molar-refractivity contribution in [1.29, 1.82) is 0 Å². The molecule has 146 valence electrons. The lowest BCUT2D eigenvalue weighted by Crippen LogP contribution is -2.29. The van der Waals surface area contributed by atoms with Crippen LogP contribution in [0.5, 0.6) is 0 Å². The van der Waals surface area contributed by atoms with Crippen molar-refractivity contribution < 1.29 is 0 Å². The molecule has 5 nitrogen and oxygen atoms in total.